The number of piperazine rings is 1. The Balaban J connectivity index is 1.23. The number of carbonyl (C=O) groups excluding carboxylic acids is 1. The smallest absolute Gasteiger partial charge is 0.260 e. The normalized spacial score (nSPS) is 23.3. The molecule has 2 N–H and O–H groups in total. The van der Waals surface area contributed by atoms with Gasteiger partial charge < -0.3 is 9.64 Å². The van der Waals surface area contributed by atoms with Crippen LogP contribution in [0.1, 0.15) is 18.0 Å². The Morgan fingerprint density at radius 2 is 1.59 bits per heavy atom. The van der Waals surface area contributed by atoms with E-state index < -0.39 is 0 Å². The first-order valence-electron chi connectivity index (χ1n) is 9.55. The predicted molar refractivity (Wildman–Crippen MR) is 104 cm³/mol. The monoisotopic (exact) mass is 366 g/mol. The van der Waals surface area contributed by atoms with Gasteiger partial charge in [0.15, 0.2) is 6.61 Å². The molecule has 27 heavy (non-hydrogen) atoms. The minimum Gasteiger partial charge on any atom is -0.484 e. The SMILES string of the molecule is O=C(COc1ccccc1)N1CCN(C2CC(c3ccccc3)NN2)CC1. The van der Waals surface area contributed by atoms with Crippen molar-refractivity contribution in [1.82, 2.24) is 20.7 Å². The molecule has 2 saturated heterocycles. The van der Waals surface area contributed by atoms with Crippen LogP contribution in [0, 0.1) is 0 Å². The highest BCUT2D eigenvalue weighted by Crippen LogP contribution is 2.24. The van der Waals surface area contributed by atoms with Crippen LogP contribution in [0.2, 0.25) is 0 Å². The van der Waals surface area contributed by atoms with E-state index in [1.165, 1.54) is 5.56 Å². The van der Waals surface area contributed by atoms with Crippen molar-refractivity contribution in [2.75, 3.05) is 32.8 Å². The van der Waals surface area contributed by atoms with Crippen molar-refractivity contribution in [1.29, 1.82) is 0 Å². The fourth-order valence-electron chi connectivity index (χ4n) is 3.72. The Bertz CT molecular complexity index is 732. The fourth-order valence-corrected chi connectivity index (χ4v) is 3.72. The number of para-hydroxylation sites is 1. The lowest BCUT2D eigenvalue weighted by atomic mass is 10.0. The second kappa shape index (κ2) is 8.52. The van der Waals surface area contributed by atoms with Gasteiger partial charge in [-0.3, -0.25) is 9.69 Å². The molecule has 6 nitrogen and oxygen atoms in total. The Kier molecular flexibility index (Phi) is 5.67. The second-order valence-electron chi connectivity index (χ2n) is 7.02. The van der Waals surface area contributed by atoms with E-state index in [9.17, 15) is 4.79 Å². The van der Waals surface area contributed by atoms with Gasteiger partial charge in [-0.15, -0.1) is 0 Å². The fraction of sp³-hybridized carbons (Fsp3) is 0.381. The molecule has 2 unspecified atom stereocenters. The zero-order valence-corrected chi connectivity index (χ0v) is 15.4. The number of hydrogen-bond donors (Lipinski definition) is 2. The van der Waals surface area contributed by atoms with Crippen molar-refractivity contribution in [3.05, 3.63) is 66.2 Å². The molecule has 0 aliphatic carbocycles. The topological polar surface area (TPSA) is 56.8 Å². The average molecular weight is 366 g/mol. The summed E-state index contributed by atoms with van der Waals surface area (Å²) in [5.41, 5.74) is 8.12. The molecule has 2 aliphatic heterocycles. The van der Waals surface area contributed by atoms with Gasteiger partial charge in [0.05, 0.1) is 6.17 Å². The highest BCUT2D eigenvalue weighted by Gasteiger charge is 2.32. The van der Waals surface area contributed by atoms with Gasteiger partial charge in [-0.2, -0.15) is 0 Å². The van der Waals surface area contributed by atoms with E-state index in [2.05, 4.69) is 40.0 Å². The van der Waals surface area contributed by atoms with Gasteiger partial charge in [-0.1, -0.05) is 48.5 Å². The van der Waals surface area contributed by atoms with Crippen molar-refractivity contribution in [3.8, 4) is 5.75 Å². The lowest BCUT2D eigenvalue weighted by Crippen LogP contribution is -2.55. The molecule has 1 amide bonds. The molecule has 2 heterocycles. The Hall–Kier alpha value is -2.41. The Labute approximate surface area is 160 Å². The summed E-state index contributed by atoms with van der Waals surface area (Å²) in [4.78, 5) is 16.7. The molecule has 0 spiro atoms. The number of ether oxygens (including phenoxy) is 1. The summed E-state index contributed by atoms with van der Waals surface area (Å²) < 4.78 is 5.58. The maximum Gasteiger partial charge on any atom is 0.260 e. The van der Waals surface area contributed by atoms with Crippen molar-refractivity contribution < 1.29 is 9.53 Å². The summed E-state index contributed by atoms with van der Waals surface area (Å²) >= 11 is 0. The van der Waals surface area contributed by atoms with E-state index >= 15 is 0 Å². The minimum atomic E-state index is 0.0539. The van der Waals surface area contributed by atoms with Crippen LogP contribution in [-0.2, 0) is 4.79 Å². The van der Waals surface area contributed by atoms with E-state index in [1.54, 1.807) is 0 Å². The maximum absolute atomic E-state index is 12.4. The summed E-state index contributed by atoms with van der Waals surface area (Å²) in [7, 11) is 0. The molecule has 2 fully saturated rings. The van der Waals surface area contributed by atoms with Gasteiger partial charge in [-0.05, 0) is 24.1 Å². The van der Waals surface area contributed by atoms with Crippen molar-refractivity contribution in [3.63, 3.8) is 0 Å². The summed E-state index contributed by atoms with van der Waals surface area (Å²) in [5, 5.41) is 0. The largest absolute Gasteiger partial charge is 0.484 e. The Morgan fingerprint density at radius 3 is 2.30 bits per heavy atom. The molecular formula is C21H26N4O2. The zero-order valence-electron chi connectivity index (χ0n) is 15.4. The third-order valence-corrected chi connectivity index (χ3v) is 5.30. The molecule has 142 valence electrons. The van der Waals surface area contributed by atoms with Crippen LogP contribution in [0.5, 0.6) is 5.75 Å². The standard InChI is InChI=1S/C21H26N4O2/c26-21(16-27-18-9-5-2-6-10-18)25-13-11-24(12-14-25)20-15-19(22-23-20)17-7-3-1-4-8-17/h1-10,19-20,22-23H,11-16H2. The van der Waals surface area contributed by atoms with E-state index in [4.69, 9.17) is 4.74 Å². The number of nitrogens with zero attached hydrogens (tertiary/aromatic N) is 2. The molecule has 0 aromatic heterocycles. The lowest BCUT2D eigenvalue weighted by Gasteiger charge is -2.37. The van der Waals surface area contributed by atoms with Crippen LogP contribution in [0.3, 0.4) is 0 Å². The number of amides is 1. The van der Waals surface area contributed by atoms with Gasteiger partial charge in [0.2, 0.25) is 0 Å². The maximum atomic E-state index is 12.4. The van der Waals surface area contributed by atoms with Crippen molar-refractivity contribution in [2.45, 2.75) is 18.6 Å². The summed E-state index contributed by atoms with van der Waals surface area (Å²) in [6, 6.07) is 20.3. The lowest BCUT2D eigenvalue weighted by molar-refractivity contribution is -0.135. The molecule has 2 aromatic rings. The van der Waals surface area contributed by atoms with Gasteiger partial charge >= 0.3 is 0 Å². The van der Waals surface area contributed by atoms with E-state index in [-0.39, 0.29) is 12.5 Å². The molecule has 6 heteroatoms. The van der Waals surface area contributed by atoms with E-state index in [0.29, 0.717) is 12.2 Å². The molecule has 0 bridgehead atoms. The second-order valence-corrected chi connectivity index (χ2v) is 7.02. The van der Waals surface area contributed by atoms with Gasteiger partial charge in [0, 0.05) is 32.2 Å². The molecular weight excluding hydrogens is 340 g/mol. The minimum absolute atomic E-state index is 0.0539. The average Bonchev–Trinajstić information content (AvgIpc) is 3.24. The number of hydrogen-bond acceptors (Lipinski definition) is 5. The number of nitrogens with one attached hydrogen (secondary N) is 2. The van der Waals surface area contributed by atoms with Crippen LogP contribution in [0.15, 0.2) is 60.7 Å². The zero-order chi connectivity index (χ0) is 18.5. The highest BCUT2D eigenvalue weighted by atomic mass is 16.5. The summed E-state index contributed by atoms with van der Waals surface area (Å²) in [6.07, 6.45) is 1.32. The van der Waals surface area contributed by atoms with E-state index in [1.807, 2.05) is 41.3 Å². The molecule has 0 radical (unpaired) electrons. The first-order chi connectivity index (χ1) is 13.3. The number of benzene rings is 2. The number of rotatable bonds is 5. The Morgan fingerprint density at radius 1 is 0.926 bits per heavy atom. The van der Waals surface area contributed by atoms with Crippen molar-refractivity contribution >= 4 is 5.91 Å². The molecule has 0 saturated carbocycles. The summed E-state index contributed by atoms with van der Waals surface area (Å²) in [5.74, 6) is 0.788. The quantitative estimate of drug-likeness (QED) is 0.845. The third kappa shape index (κ3) is 4.47. The number of hydrazine groups is 1. The molecule has 2 aliphatic rings. The van der Waals surface area contributed by atoms with Gasteiger partial charge in [-0.25, -0.2) is 10.9 Å². The predicted octanol–water partition coefficient (Wildman–Crippen LogP) is 1.77. The van der Waals surface area contributed by atoms with Crippen LogP contribution in [0.4, 0.5) is 0 Å². The first kappa shape index (κ1) is 18.0. The molecule has 2 atom stereocenters. The van der Waals surface area contributed by atoms with Crippen LogP contribution < -0.4 is 15.6 Å². The number of carbonyl (C=O) groups is 1. The van der Waals surface area contributed by atoms with Gasteiger partial charge in [0.25, 0.3) is 5.91 Å². The first-order valence-corrected chi connectivity index (χ1v) is 9.55. The van der Waals surface area contributed by atoms with Crippen LogP contribution in [-0.4, -0.2) is 54.7 Å². The van der Waals surface area contributed by atoms with Crippen LogP contribution >= 0.6 is 0 Å². The van der Waals surface area contributed by atoms with Crippen LogP contribution in [0.25, 0.3) is 0 Å². The summed E-state index contributed by atoms with van der Waals surface area (Å²) in [6.45, 7) is 3.33. The molecule has 4 rings (SSSR count). The molecule has 2 aromatic carbocycles. The van der Waals surface area contributed by atoms with E-state index in [0.717, 1.165) is 38.3 Å². The van der Waals surface area contributed by atoms with Crippen molar-refractivity contribution in [2.24, 2.45) is 0 Å². The third-order valence-electron chi connectivity index (χ3n) is 5.30. The van der Waals surface area contributed by atoms with Gasteiger partial charge in [0.1, 0.15) is 5.75 Å². The highest BCUT2D eigenvalue weighted by molar-refractivity contribution is 5.77.